The molecule has 2 aliphatic heterocycles. The van der Waals surface area contributed by atoms with Crippen molar-refractivity contribution in [2.24, 2.45) is 0 Å². The summed E-state index contributed by atoms with van der Waals surface area (Å²) in [7, 11) is 0. The van der Waals surface area contributed by atoms with E-state index >= 15 is 0 Å². The first-order valence-corrected chi connectivity index (χ1v) is 8.73. The monoisotopic (exact) mass is 333 g/mol. The quantitative estimate of drug-likeness (QED) is 0.751. The summed E-state index contributed by atoms with van der Waals surface area (Å²) in [5, 5.41) is 1.95. The fourth-order valence-electron chi connectivity index (χ4n) is 3.17. The Kier molecular flexibility index (Phi) is 5.48. The Hall–Kier alpha value is -1.92. The van der Waals surface area contributed by atoms with E-state index in [1.807, 2.05) is 12.2 Å². The van der Waals surface area contributed by atoms with Gasteiger partial charge in [0.2, 0.25) is 5.91 Å². The maximum atomic E-state index is 12.6. The number of nitrogens with two attached hydrogens (primary N) is 1. The molecule has 0 aliphatic carbocycles. The summed E-state index contributed by atoms with van der Waals surface area (Å²) in [6.07, 6.45) is 3.51. The standard InChI is InChI=1S/C18H24N2O4/c1-2-9-23-14-7-5-13(6-8-14)20-17(21)11-16(18(20)22)19-12-15-4-3-10-24-15/h5-8,15-16,19H,2-4,9-12H2,1H3/p+1/t15-,16-/m0/s1. The molecule has 0 aromatic heterocycles. The lowest BCUT2D eigenvalue weighted by atomic mass is 10.2. The van der Waals surface area contributed by atoms with Gasteiger partial charge in [-0.05, 0) is 43.5 Å². The van der Waals surface area contributed by atoms with Crippen LogP contribution in [0, 0.1) is 0 Å². The molecule has 1 aromatic carbocycles. The molecule has 1 aromatic rings. The Balaban J connectivity index is 1.60. The molecule has 130 valence electrons. The number of imide groups is 1. The summed E-state index contributed by atoms with van der Waals surface area (Å²) in [4.78, 5) is 26.1. The van der Waals surface area contributed by atoms with Crippen molar-refractivity contribution in [2.75, 3.05) is 24.7 Å². The van der Waals surface area contributed by atoms with Crippen LogP contribution in [0.1, 0.15) is 32.6 Å². The maximum absolute atomic E-state index is 12.6. The second-order valence-electron chi connectivity index (χ2n) is 6.33. The minimum atomic E-state index is -0.335. The average Bonchev–Trinajstić information content (AvgIpc) is 3.20. The molecule has 6 heteroatoms. The third-order valence-electron chi connectivity index (χ3n) is 4.46. The lowest BCUT2D eigenvalue weighted by molar-refractivity contribution is -0.680. The lowest BCUT2D eigenvalue weighted by Crippen LogP contribution is -2.93. The van der Waals surface area contributed by atoms with Crippen molar-refractivity contribution >= 4 is 17.5 Å². The number of amides is 2. The number of hydrogen-bond acceptors (Lipinski definition) is 4. The van der Waals surface area contributed by atoms with Crippen LogP contribution in [0.15, 0.2) is 24.3 Å². The zero-order chi connectivity index (χ0) is 16.9. The van der Waals surface area contributed by atoms with Gasteiger partial charge in [-0.15, -0.1) is 0 Å². The highest BCUT2D eigenvalue weighted by molar-refractivity contribution is 6.21. The number of carbonyl (C=O) groups excluding carboxylic acids is 2. The fourth-order valence-corrected chi connectivity index (χ4v) is 3.17. The van der Waals surface area contributed by atoms with Gasteiger partial charge in [-0.3, -0.25) is 9.59 Å². The summed E-state index contributed by atoms with van der Waals surface area (Å²) in [5.41, 5.74) is 0.613. The Morgan fingerprint density at radius 1 is 1.29 bits per heavy atom. The molecule has 2 aliphatic rings. The van der Waals surface area contributed by atoms with Crippen LogP contribution < -0.4 is 15.0 Å². The Morgan fingerprint density at radius 3 is 2.75 bits per heavy atom. The lowest BCUT2D eigenvalue weighted by Gasteiger charge is -2.15. The van der Waals surface area contributed by atoms with Gasteiger partial charge in [-0.2, -0.15) is 0 Å². The van der Waals surface area contributed by atoms with Gasteiger partial charge in [-0.25, -0.2) is 4.90 Å². The van der Waals surface area contributed by atoms with Gasteiger partial charge < -0.3 is 14.8 Å². The third-order valence-corrected chi connectivity index (χ3v) is 4.46. The van der Waals surface area contributed by atoms with Crippen molar-refractivity contribution in [1.82, 2.24) is 0 Å². The van der Waals surface area contributed by atoms with Gasteiger partial charge in [0.1, 0.15) is 18.4 Å². The van der Waals surface area contributed by atoms with Crippen molar-refractivity contribution < 1.29 is 24.4 Å². The van der Waals surface area contributed by atoms with Crippen LogP contribution in [0.3, 0.4) is 0 Å². The van der Waals surface area contributed by atoms with Gasteiger partial charge in [0.25, 0.3) is 5.91 Å². The van der Waals surface area contributed by atoms with Crippen LogP contribution >= 0.6 is 0 Å². The highest BCUT2D eigenvalue weighted by atomic mass is 16.5. The van der Waals surface area contributed by atoms with Crippen LogP contribution in [-0.2, 0) is 14.3 Å². The van der Waals surface area contributed by atoms with Gasteiger partial charge in [0.05, 0.1) is 18.7 Å². The summed E-state index contributed by atoms with van der Waals surface area (Å²) >= 11 is 0. The van der Waals surface area contributed by atoms with Crippen molar-refractivity contribution in [2.45, 2.75) is 44.8 Å². The number of benzene rings is 1. The highest BCUT2D eigenvalue weighted by Crippen LogP contribution is 2.24. The Bertz CT molecular complexity index is 581. The number of ether oxygens (including phenoxy) is 2. The Labute approximate surface area is 142 Å². The summed E-state index contributed by atoms with van der Waals surface area (Å²) in [6, 6.07) is 6.80. The molecular weight excluding hydrogens is 308 g/mol. The van der Waals surface area contributed by atoms with Crippen molar-refractivity contribution in [3.05, 3.63) is 24.3 Å². The predicted octanol–water partition coefficient (Wildman–Crippen LogP) is 0.850. The van der Waals surface area contributed by atoms with Crippen LogP contribution in [0.2, 0.25) is 0 Å². The van der Waals surface area contributed by atoms with Crippen LogP contribution in [0.25, 0.3) is 0 Å². The zero-order valence-electron chi connectivity index (χ0n) is 14.1. The van der Waals surface area contributed by atoms with Crippen molar-refractivity contribution in [3.8, 4) is 5.75 Å². The van der Waals surface area contributed by atoms with Crippen LogP contribution in [0.5, 0.6) is 5.75 Å². The summed E-state index contributed by atoms with van der Waals surface area (Å²) in [5.74, 6) is 0.470. The zero-order valence-corrected chi connectivity index (χ0v) is 14.1. The van der Waals surface area contributed by atoms with Crippen molar-refractivity contribution in [1.29, 1.82) is 0 Å². The number of hydrogen-bond donors (Lipinski definition) is 1. The maximum Gasteiger partial charge on any atom is 0.292 e. The number of carbonyl (C=O) groups is 2. The van der Waals surface area contributed by atoms with E-state index in [9.17, 15) is 9.59 Å². The average molecular weight is 333 g/mol. The van der Waals surface area contributed by atoms with Gasteiger partial charge in [0.15, 0.2) is 6.04 Å². The number of rotatable bonds is 7. The van der Waals surface area contributed by atoms with E-state index in [4.69, 9.17) is 9.47 Å². The fraction of sp³-hybridized carbons (Fsp3) is 0.556. The molecular formula is C18H25N2O4+. The summed E-state index contributed by atoms with van der Waals surface area (Å²) < 4.78 is 11.1. The van der Waals surface area contributed by atoms with E-state index < -0.39 is 0 Å². The molecule has 2 fully saturated rings. The second kappa shape index (κ2) is 7.77. The first-order valence-electron chi connectivity index (χ1n) is 8.73. The van der Waals surface area contributed by atoms with Gasteiger partial charge in [0, 0.05) is 6.61 Å². The first-order chi connectivity index (χ1) is 11.7. The molecule has 6 nitrogen and oxygen atoms in total. The molecule has 0 spiro atoms. The SMILES string of the molecule is CCCOc1ccc(N2C(=O)C[C@H]([NH2+]C[C@@H]3CCCO3)C2=O)cc1. The smallest absolute Gasteiger partial charge is 0.292 e. The van der Waals surface area contributed by atoms with Gasteiger partial charge >= 0.3 is 0 Å². The first kappa shape index (κ1) is 16.9. The molecule has 2 N–H and O–H groups in total. The van der Waals surface area contributed by atoms with E-state index in [0.29, 0.717) is 12.3 Å². The normalized spacial score (nSPS) is 24.0. The molecule has 2 amide bonds. The molecule has 0 radical (unpaired) electrons. The molecule has 0 bridgehead atoms. The van der Waals surface area contributed by atoms with Crippen LogP contribution in [0.4, 0.5) is 5.69 Å². The molecule has 2 heterocycles. The van der Waals surface area contributed by atoms with Crippen molar-refractivity contribution in [3.63, 3.8) is 0 Å². The highest BCUT2D eigenvalue weighted by Gasteiger charge is 2.42. The molecule has 3 rings (SSSR count). The number of nitrogens with zero attached hydrogens (tertiary/aromatic N) is 1. The third kappa shape index (κ3) is 3.76. The molecule has 2 atom stereocenters. The summed E-state index contributed by atoms with van der Waals surface area (Å²) in [6.45, 7) is 4.24. The van der Waals surface area contributed by atoms with E-state index in [0.717, 1.165) is 38.2 Å². The predicted molar refractivity (Wildman–Crippen MR) is 88.9 cm³/mol. The van der Waals surface area contributed by atoms with E-state index in [-0.39, 0.29) is 30.4 Å². The van der Waals surface area contributed by atoms with E-state index in [1.54, 1.807) is 24.3 Å². The largest absolute Gasteiger partial charge is 0.494 e. The van der Waals surface area contributed by atoms with Crippen LogP contribution in [-0.4, -0.2) is 43.7 Å². The second-order valence-corrected chi connectivity index (χ2v) is 6.33. The minimum Gasteiger partial charge on any atom is -0.494 e. The number of anilines is 1. The van der Waals surface area contributed by atoms with E-state index in [1.165, 1.54) is 4.90 Å². The molecule has 2 saturated heterocycles. The number of quaternary nitrogens is 1. The molecule has 0 saturated carbocycles. The van der Waals surface area contributed by atoms with Gasteiger partial charge in [-0.1, -0.05) is 6.92 Å². The molecule has 0 unspecified atom stereocenters. The molecule has 24 heavy (non-hydrogen) atoms. The minimum absolute atomic E-state index is 0.139. The Morgan fingerprint density at radius 2 is 2.08 bits per heavy atom. The topological polar surface area (TPSA) is 72.4 Å². The van der Waals surface area contributed by atoms with E-state index in [2.05, 4.69) is 0 Å².